The Balaban J connectivity index is 1.89. The number of ether oxygens (including phenoxy) is 2. The molecule has 0 unspecified atom stereocenters. The van der Waals surface area contributed by atoms with Crippen molar-refractivity contribution < 1.29 is 14.4 Å². The van der Waals surface area contributed by atoms with Gasteiger partial charge in [-0.05, 0) is 29.8 Å². The third-order valence-electron chi connectivity index (χ3n) is 3.27. The number of hydrogen-bond acceptors (Lipinski definition) is 6. The summed E-state index contributed by atoms with van der Waals surface area (Å²) < 4.78 is 10.6. The Hall–Kier alpha value is -2.41. The quantitative estimate of drug-likeness (QED) is 0.394. The second kappa shape index (κ2) is 6.15. The summed E-state index contributed by atoms with van der Waals surface area (Å²) >= 11 is 1.38. The van der Waals surface area contributed by atoms with Crippen LogP contribution in [0.1, 0.15) is 10.8 Å². The Labute approximate surface area is 131 Å². The highest BCUT2D eigenvalue weighted by molar-refractivity contribution is 7.99. The number of para-hydroxylation sites is 1. The highest BCUT2D eigenvalue weighted by Crippen LogP contribution is 2.41. The van der Waals surface area contributed by atoms with Crippen molar-refractivity contribution >= 4 is 17.4 Å². The van der Waals surface area contributed by atoms with E-state index < -0.39 is 0 Å². The van der Waals surface area contributed by atoms with Crippen molar-refractivity contribution in [1.82, 2.24) is 0 Å². The molecule has 1 aliphatic rings. The Morgan fingerprint density at radius 1 is 1.23 bits per heavy atom. The maximum Gasteiger partial charge on any atom is 0.231 e. The van der Waals surface area contributed by atoms with Gasteiger partial charge >= 0.3 is 0 Å². The molecule has 0 saturated heterocycles. The van der Waals surface area contributed by atoms with E-state index in [2.05, 4.69) is 0 Å². The molecule has 2 N–H and O–H groups in total. The molecular weight excluding hydrogens is 304 g/mol. The Kier molecular flexibility index (Phi) is 4.06. The summed E-state index contributed by atoms with van der Waals surface area (Å²) in [5.41, 5.74) is 7.36. The number of nitrogens with two attached hydrogens (primary N) is 1. The predicted octanol–water partition coefficient (Wildman–Crippen LogP) is 3.11. The van der Waals surface area contributed by atoms with Crippen LogP contribution in [-0.2, 0) is 0 Å². The zero-order valence-electron chi connectivity index (χ0n) is 11.6. The zero-order chi connectivity index (χ0) is 15.5. The van der Waals surface area contributed by atoms with Crippen molar-refractivity contribution in [2.75, 3.05) is 19.1 Å². The SMILES string of the molecule is Nc1ccccc1S[C@H](C[N+](=O)[O-])c1ccc2c(c1)OCO2. The van der Waals surface area contributed by atoms with Crippen LogP contribution in [-0.4, -0.2) is 18.3 Å². The van der Waals surface area contributed by atoms with Gasteiger partial charge in [0.15, 0.2) is 11.5 Å². The summed E-state index contributed by atoms with van der Waals surface area (Å²) in [7, 11) is 0. The van der Waals surface area contributed by atoms with E-state index in [-0.39, 0.29) is 23.5 Å². The van der Waals surface area contributed by atoms with E-state index in [1.807, 2.05) is 24.3 Å². The third kappa shape index (κ3) is 3.09. The number of nitrogens with zero attached hydrogens (tertiary/aromatic N) is 1. The van der Waals surface area contributed by atoms with E-state index in [1.54, 1.807) is 18.2 Å². The second-order valence-corrected chi connectivity index (χ2v) is 6.02. The maximum absolute atomic E-state index is 11.0. The van der Waals surface area contributed by atoms with Crippen molar-refractivity contribution in [3.8, 4) is 11.5 Å². The summed E-state index contributed by atoms with van der Waals surface area (Å²) in [6.07, 6.45) is 0. The van der Waals surface area contributed by atoms with E-state index in [0.29, 0.717) is 17.2 Å². The van der Waals surface area contributed by atoms with Crippen LogP contribution in [0.15, 0.2) is 47.4 Å². The maximum atomic E-state index is 11.0. The molecule has 114 valence electrons. The predicted molar refractivity (Wildman–Crippen MR) is 83.9 cm³/mol. The summed E-state index contributed by atoms with van der Waals surface area (Å²) in [6, 6.07) is 12.7. The van der Waals surface area contributed by atoms with E-state index in [9.17, 15) is 10.1 Å². The molecule has 0 saturated carbocycles. The molecule has 0 spiro atoms. The van der Waals surface area contributed by atoms with Crippen molar-refractivity contribution in [1.29, 1.82) is 0 Å². The van der Waals surface area contributed by atoms with E-state index in [4.69, 9.17) is 15.2 Å². The van der Waals surface area contributed by atoms with Gasteiger partial charge in [0, 0.05) is 15.5 Å². The van der Waals surface area contributed by atoms with Gasteiger partial charge in [0.05, 0.1) is 5.25 Å². The first-order chi connectivity index (χ1) is 10.6. The second-order valence-electron chi connectivity index (χ2n) is 4.77. The number of thioether (sulfide) groups is 1. The molecule has 7 heteroatoms. The number of fused-ring (bicyclic) bond motifs is 1. The molecular formula is C15H14N2O4S. The van der Waals surface area contributed by atoms with Crippen LogP contribution in [0.2, 0.25) is 0 Å². The van der Waals surface area contributed by atoms with Crippen molar-refractivity contribution in [2.24, 2.45) is 0 Å². The Morgan fingerprint density at radius 2 is 2.00 bits per heavy atom. The fourth-order valence-electron chi connectivity index (χ4n) is 2.20. The largest absolute Gasteiger partial charge is 0.454 e. The molecule has 1 atom stereocenters. The third-order valence-corrected chi connectivity index (χ3v) is 4.60. The van der Waals surface area contributed by atoms with Crippen LogP contribution in [0.5, 0.6) is 11.5 Å². The molecule has 0 bridgehead atoms. The van der Waals surface area contributed by atoms with Crippen LogP contribution in [0.25, 0.3) is 0 Å². The number of nitrogen functional groups attached to an aromatic ring is 1. The van der Waals surface area contributed by atoms with Crippen molar-refractivity contribution in [3.05, 3.63) is 58.1 Å². The number of rotatable bonds is 5. The minimum Gasteiger partial charge on any atom is -0.454 e. The summed E-state index contributed by atoms with van der Waals surface area (Å²) in [5.74, 6) is 1.28. The normalized spacial score (nSPS) is 13.8. The van der Waals surface area contributed by atoms with Crippen LogP contribution in [0.3, 0.4) is 0 Å². The van der Waals surface area contributed by atoms with E-state index in [1.165, 1.54) is 11.8 Å². The lowest BCUT2D eigenvalue weighted by Crippen LogP contribution is -2.10. The van der Waals surface area contributed by atoms with Gasteiger partial charge < -0.3 is 15.2 Å². The smallest absolute Gasteiger partial charge is 0.231 e. The van der Waals surface area contributed by atoms with Crippen LogP contribution >= 0.6 is 11.8 Å². The lowest BCUT2D eigenvalue weighted by atomic mass is 10.1. The van der Waals surface area contributed by atoms with Gasteiger partial charge in [0.25, 0.3) is 0 Å². The fourth-order valence-corrected chi connectivity index (χ4v) is 3.35. The van der Waals surface area contributed by atoms with Gasteiger partial charge in [-0.15, -0.1) is 11.8 Å². The van der Waals surface area contributed by atoms with Crippen LogP contribution in [0.4, 0.5) is 5.69 Å². The minimum atomic E-state index is -0.353. The topological polar surface area (TPSA) is 87.6 Å². The average molecular weight is 318 g/mol. The summed E-state index contributed by atoms with van der Waals surface area (Å²) in [6.45, 7) is -0.0177. The minimum absolute atomic E-state index is 0.178. The molecule has 6 nitrogen and oxygen atoms in total. The number of benzene rings is 2. The van der Waals surface area contributed by atoms with Gasteiger partial charge in [-0.3, -0.25) is 10.1 Å². The molecule has 3 rings (SSSR count). The molecule has 0 aromatic heterocycles. The van der Waals surface area contributed by atoms with Crippen molar-refractivity contribution in [2.45, 2.75) is 10.1 Å². The lowest BCUT2D eigenvalue weighted by molar-refractivity contribution is -0.479. The molecule has 0 radical (unpaired) electrons. The average Bonchev–Trinajstić information content (AvgIpc) is 2.95. The van der Waals surface area contributed by atoms with Gasteiger partial charge in [-0.25, -0.2) is 0 Å². The first-order valence-corrected chi connectivity index (χ1v) is 7.54. The highest BCUT2D eigenvalue weighted by atomic mass is 32.2. The van der Waals surface area contributed by atoms with Gasteiger partial charge in [-0.1, -0.05) is 18.2 Å². The molecule has 0 aliphatic carbocycles. The number of anilines is 1. The van der Waals surface area contributed by atoms with E-state index in [0.717, 1.165) is 10.5 Å². The summed E-state index contributed by atoms with van der Waals surface area (Å²) in [4.78, 5) is 11.5. The molecule has 22 heavy (non-hydrogen) atoms. The van der Waals surface area contributed by atoms with Gasteiger partial charge in [0.1, 0.15) is 0 Å². The number of nitro groups is 1. The standard InChI is InChI=1S/C15H14N2O4S/c16-11-3-1-2-4-14(11)22-15(8-17(18)19)10-5-6-12-13(7-10)21-9-20-12/h1-7,15H,8-9,16H2/t15-/m1/s1. The molecule has 1 heterocycles. The van der Waals surface area contributed by atoms with Gasteiger partial charge in [0.2, 0.25) is 13.3 Å². The Bertz CT molecular complexity index is 708. The zero-order valence-corrected chi connectivity index (χ0v) is 12.4. The van der Waals surface area contributed by atoms with Crippen molar-refractivity contribution in [3.63, 3.8) is 0 Å². The van der Waals surface area contributed by atoms with E-state index >= 15 is 0 Å². The van der Waals surface area contributed by atoms with Gasteiger partial charge in [-0.2, -0.15) is 0 Å². The molecule has 0 fully saturated rings. The molecule has 2 aromatic carbocycles. The highest BCUT2D eigenvalue weighted by Gasteiger charge is 2.23. The van der Waals surface area contributed by atoms with Crippen LogP contribution < -0.4 is 15.2 Å². The first kappa shape index (κ1) is 14.5. The number of hydrogen-bond donors (Lipinski definition) is 1. The van der Waals surface area contributed by atoms with Crippen LogP contribution in [0, 0.1) is 10.1 Å². The first-order valence-electron chi connectivity index (χ1n) is 6.66. The monoisotopic (exact) mass is 318 g/mol. The lowest BCUT2D eigenvalue weighted by Gasteiger charge is -2.14. The molecule has 2 aromatic rings. The Morgan fingerprint density at radius 3 is 2.77 bits per heavy atom. The summed E-state index contributed by atoms with van der Waals surface area (Å²) in [5, 5.41) is 10.6. The molecule has 0 amide bonds. The fraction of sp³-hybridized carbons (Fsp3) is 0.200. The molecule has 1 aliphatic heterocycles.